The third kappa shape index (κ3) is 4.64. The lowest BCUT2D eigenvalue weighted by atomic mass is 9.83. The van der Waals surface area contributed by atoms with Crippen LogP contribution in [-0.2, 0) is 0 Å². The minimum atomic E-state index is 1.22. The predicted octanol–water partition coefficient (Wildman–Crippen LogP) is 15.3. The summed E-state index contributed by atoms with van der Waals surface area (Å²) in [7, 11) is 0. The summed E-state index contributed by atoms with van der Waals surface area (Å²) < 4.78 is 0. The molecule has 0 saturated heterocycles. The molecule has 11 aromatic carbocycles. The van der Waals surface area contributed by atoms with Crippen LogP contribution < -0.4 is 0 Å². The zero-order valence-electron chi connectivity index (χ0n) is 29.6. The summed E-state index contributed by atoms with van der Waals surface area (Å²) in [5.41, 5.74) is 10.1. The first kappa shape index (κ1) is 30.6. The Kier molecular flexibility index (Phi) is 6.97. The van der Waals surface area contributed by atoms with E-state index in [2.05, 4.69) is 206 Å². The van der Waals surface area contributed by atoms with E-state index in [1.807, 2.05) is 0 Å². The Bertz CT molecular complexity index is 3180. The van der Waals surface area contributed by atoms with Crippen LogP contribution in [0.4, 0.5) is 0 Å². The van der Waals surface area contributed by atoms with E-state index in [4.69, 9.17) is 0 Å². The molecule has 54 heavy (non-hydrogen) atoms. The smallest absolute Gasteiger partial charge is 0.00141 e. The lowest BCUT2D eigenvalue weighted by Crippen LogP contribution is -1.93. The number of fused-ring (bicyclic) bond motifs is 7. The molecule has 11 rings (SSSR count). The van der Waals surface area contributed by atoms with Crippen LogP contribution in [0.1, 0.15) is 0 Å². The van der Waals surface area contributed by atoms with Gasteiger partial charge in [0.25, 0.3) is 0 Å². The SMILES string of the molecule is c1ccc(-c2c3ccccc3c(-c3ccc(-c4c5ccccc5c(-c5cccc6ccccc56)c5ccccc45)cc3)c3ccc4ccccc4c23)cc1. The molecule has 0 radical (unpaired) electrons. The van der Waals surface area contributed by atoms with Crippen molar-refractivity contribution in [3.05, 3.63) is 206 Å². The van der Waals surface area contributed by atoms with Gasteiger partial charge in [-0.3, -0.25) is 0 Å². The Balaban J connectivity index is 1.17. The second-order valence-electron chi connectivity index (χ2n) is 14.3. The second kappa shape index (κ2) is 12.3. The van der Waals surface area contributed by atoms with Crippen molar-refractivity contribution >= 4 is 64.6 Å². The summed E-state index contributed by atoms with van der Waals surface area (Å²) in [4.78, 5) is 0. The summed E-state index contributed by atoms with van der Waals surface area (Å²) in [5.74, 6) is 0. The minimum Gasteiger partial charge on any atom is -0.0622 e. The van der Waals surface area contributed by atoms with Crippen molar-refractivity contribution in [1.82, 2.24) is 0 Å². The zero-order valence-corrected chi connectivity index (χ0v) is 29.6. The fraction of sp³-hybridized carbons (Fsp3) is 0. The highest BCUT2D eigenvalue weighted by molar-refractivity contribution is 6.28. The zero-order chi connectivity index (χ0) is 35.6. The molecule has 0 spiro atoms. The quantitative estimate of drug-likeness (QED) is 0.128. The lowest BCUT2D eigenvalue weighted by molar-refractivity contribution is 1.64. The first-order valence-corrected chi connectivity index (χ1v) is 18.8. The maximum atomic E-state index is 2.34. The van der Waals surface area contributed by atoms with Gasteiger partial charge in [-0.1, -0.05) is 206 Å². The molecular weight excluding hydrogens is 649 g/mol. The maximum Gasteiger partial charge on any atom is -0.00141 e. The molecule has 250 valence electrons. The van der Waals surface area contributed by atoms with Gasteiger partial charge in [-0.15, -0.1) is 0 Å². The largest absolute Gasteiger partial charge is 0.0622 e. The average molecular weight is 683 g/mol. The maximum absolute atomic E-state index is 2.34. The highest BCUT2D eigenvalue weighted by Gasteiger charge is 2.20. The number of benzene rings is 11. The second-order valence-corrected chi connectivity index (χ2v) is 14.3. The molecular formula is C54H34. The highest BCUT2D eigenvalue weighted by Crippen LogP contribution is 2.48. The van der Waals surface area contributed by atoms with Gasteiger partial charge in [-0.2, -0.15) is 0 Å². The van der Waals surface area contributed by atoms with E-state index in [0.717, 1.165) is 0 Å². The molecule has 0 heterocycles. The Morgan fingerprint density at radius 1 is 0.185 bits per heavy atom. The van der Waals surface area contributed by atoms with Crippen LogP contribution in [0.3, 0.4) is 0 Å². The Morgan fingerprint density at radius 2 is 0.574 bits per heavy atom. The van der Waals surface area contributed by atoms with Crippen molar-refractivity contribution < 1.29 is 0 Å². The molecule has 0 bridgehead atoms. The first-order chi connectivity index (χ1) is 26.8. The number of hydrogen-bond donors (Lipinski definition) is 0. The van der Waals surface area contributed by atoms with Crippen LogP contribution in [0.2, 0.25) is 0 Å². The van der Waals surface area contributed by atoms with Crippen LogP contribution in [-0.4, -0.2) is 0 Å². The Labute approximate surface area is 314 Å². The van der Waals surface area contributed by atoms with Crippen molar-refractivity contribution in [2.24, 2.45) is 0 Å². The molecule has 0 heteroatoms. The van der Waals surface area contributed by atoms with Crippen LogP contribution in [0.25, 0.3) is 109 Å². The van der Waals surface area contributed by atoms with E-state index in [9.17, 15) is 0 Å². The number of hydrogen-bond acceptors (Lipinski definition) is 0. The van der Waals surface area contributed by atoms with E-state index >= 15 is 0 Å². The van der Waals surface area contributed by atoms with Crippen LogP contribution in [0.15, 0.2) is 206 Å². The van der Waals surface area contributed by atoms with Crippen molar-refractivity contribution in [3.8, 4) is 44.5 Å². The van der Waals surface area contributed by atoms with E-state index in [1.165, 1.54) is 109 Å². The molecule has 0 aliphatic rings. The predicted molar refractivity (Wildman–Crippen MR) is 233 cm³/mol. The minimum absolute atomic E-state index is 1.22. The molecule has 0 N–H and O–H groups in total. The van der Waals surface area contributed by atoms with E-state index in [0.29, 0.717) is 0 Å². The molecule has 0 saturated carbocycles. The number of rotatable bonds is 4. The highest BCUT2D eigenvalue weighted by atomic mass is 14.2. The summed E-state index contributed by atoms with van der Waals surface area (Å²) in [6, 6.07) is 76.0. The van der Waals surface area contributed by atoms with Crippen LogP contribution >= 0.6 is 0 Å². The first-order valence-electron chi connectivity index (χ1n) is 18.8. The molecule has 0 atom stereocenters. The fourth-order valence-electron chi connectivity index (χ4n) is 9.14. The van der Waals surface area contributed by atoms with Gasteiger partial charge < -0.3 is 0 Å². The molecule has 0 aliphatic carbocycles. The summed E-state index contributed by atoms with van der Waals surface area (Å²) in [6.07, 6.45) is 0. The van der Waals surface area contributed by atoms with E-state index in [-0.39, 0.29) is 0 Å². The van der Waals surface area contributed by atoms with Gasteiger partial charge in [0.05, 0.1) is 0 Å². The van der Waals surface area contributed by atoms with Gasteiger partial charge in [-0.05, 0) is 109 Å². The normalized spacial score (nSPS) is 11.7. The van der Waals surface area contributed by atoms with Gasteiger partial charge in [0.15, 0.2) is 0 Å². The van der Waals surface area contributed by atoms with Gasteiger partial charge in [0.1, 0.15) is 0 Å². The van der Waals surface area contributed by atoms with Gasteiger partial charge in [0.2, 0.25) is 0 Å². The van der Waals surface area contributed by atoms with E-state index in [1.54, 1.807) is 0 Å². The molecule has 0 fully saturated rings. The lowest BCUT2D eigenvalue weighted by Gasteiger charge is -2.20. The van der Waals surface area contributed by atoms with Crippen LogP contribution in [0, 0.1) is 0 Å². The Hall–Kier alpha value is -7.02. The molecule has 0 aliphatic heterocycles. The molecule has 0 nitrogen and oxygen atoms in total. The van der Waals surface area contributed by atoms with Crippen LogP contribution in [0.5, 0.6) is 0 Å². The Morgan fingerprint density at radius 3 is 1.15 bits per heavy atom. The van der Waals surface area contributed by atoms with Crippen molar-refractivity contribution in [3.63, 3.8) is 0 Å². The molecule has 0 unspecified atom stereocenters. The molecule has 0 aromatic heterocycles. The van der Waals surface area contributed by atoms with Crippen molar-refractivity contribution in [2.75, 3.05) is 0 Å². The summed E-state index contributed by atoms with van der Waals surface area (Å²) in [5, 5.41) is 15.3. The summed E-state index contributed by atoms with van der Waals surface area (Å²) >= 11 is 0. The topological polar surface area (TPSA) is 0 Å². The standard InChI is InChI=1S/C54H34/c1-2-17-37(18-3-1)52-46-25-11-8-22-43(46)51(49-34-33-36-16-5-7-21-41(36)54(49)52)39-31-29-38(30-32-39)50-44-23-9-12-26-47(44)53(48-27-13-10-24-45(48)50)42-28-14-19-35-15-4-6-20-40(35)42/h1-34H. The fourth-order valence-corrected chi connectivity index (χ4v) is 9.14. The van der Waals surface area contributed by atoms with Crippen molar-refractivity contribution in [2.45, 2.75) is 0 Å². The average Bonchev–Trinajstić information content (AvgIpc) is 3.25. The molecule has 0 amide bonds. The van der Waals surface area contributed by atoms with Gasteiger partial charge >= 0.3 is 0 Å². The van der Waals surface area contributed by atoms with Gasteiger partial charge in [0, 0.05) is 0 Å². The molecule has 11 aromatic rings. The third-order valence-corrected chi connectivity index (χ3v) is 11.4. The summed E-state index contributed by atoms with van der Waals surface area (Å²) in [6.45, 7) is 0. The van der Waals surface area contributed by atoms with E-state index < -0.39 is 0 Å². The monoisotopic (exact) mass is 682 g/mol. The van der Waals surface area contributed by atoms with Gasteiger partial charge in [-0.25, -0.2) is 0 Å². The van der Waals surface area contributed by atoms with Crippen molar-refractivity contribution in [1.29, 1.82) is 0 Å². The third-order valence-electron chi connectivity index (χ3n) is 11.4.